The average Bonchev–Trinajstić information content (AvgIpc) is 2.98. The second-order valence-electron chi connectivity index (χ2n) is 8.32. The molecule has 1 aliphatic carbocycles. The van der Waals surface area contributed by atoms with Crippen molar-refractivity contribution in [2.45, 2.75) is 64.2 Å². The van der Waals surface area contributed by atoms with Crippen molar-refractivity contribution in [3.63, 3.8) is 0 Å². The molecule has 6 heteroatoms. The van der Waals surface area contributed by atoms with Crippen molar-refractivity contribution >= 4 is 11.7 Å². The van der Waals surface area contributed by atoms with Gasteiger partial charge in [-0.1, -0.05) is 20.3 Å². The van der Waals surface area contributed by atoms with Crippen LogP contribution in [0.2, 0.25) is 0 Å². The first-order valence-corrected chi connectivity index (χ1v) is 10.2. The lowest BCUT2D eigenvalue weighted by molar-refractivity contribution is -0.105. The van der Waals surface area contributed by atoms with Crippen LogP contribution in [0.4, 0.5) is 10.5 Å². The molecule has 2 aliphatic heterocycles. The first-order chi connectivity index (χ1) is 13.0. The molecule has 0 bridgehead atoms. The summed E-state index contributed by atoms with van der Waals surface area (Å²) >= 11 is 0. The molecule has 0 radical (unpaired) electrons. The molecular weight excluding hydrogens is 344 g/mol. The molecule has 0 aromatic heterocycles. The smallest absolute Gasteiger partial charge is 0.322 e. The van der Waals surface area contributed by atoms with Gasteiger partial charge in [-0.25, -0.2) is 4.79 Å². The number of nitrogens with one attached hydrogen (secondary N) is 1. The molecule has 2 fully saturated rings. The Bertz CT molecular complexity index is 685. The summed E-state index contributed by atoms with van der Waals surface area (Å²) in [6.45, 7) is 6.16. The molecule has 1 aromatic carbocycles. The quantitative estimate of drug-likeness (QED) is 0.852. The molecule has 2 heterocycles. The number of amides is 2. The number of rotatable bonds is 3. The van der Waals surface area contributed by atoms with Gasteiger partial charge in [0, 0.05) is 31.1 Å². The van der Waals surface area contributed by atoms with E-state index in [1.54, 1.807) is 0 Å². The van der Waals surface area contributed by atoms with Crippen LogP contribution < -0.4 is 14.8 Å². The predicted octanol–water partition coefficient (Wildman–Crippen LogP) is 4.40. The van der Waals surface area contributed by atoms with Gasteiger partial charge in [-0.05, 0) is 37.3 Å². The van der Waals surface area contributed by atoms with E-state index < -0.39 is 5.79 Å². The van der Waals surface area contributed by atoms with Gasteiger partial charge in [0.05, 0.1) is 19.3 Å². The average molecular weight is 374 g/mol. The fourth-order valence-corrected chi connectivity index (χ4v) is 4.32. The van der Waals surface area contributed by atoms with Crippen molar-refractivity contribution in [1.29, 1.82) is 0 Å². The minimum atomic E-state index is -0.490. The predicted molar refractivity (Wildman–Crippen MR) is 103 cm³/mol. The second-order valence-corrected chi connectivity index (χ2v) is 8.32. The van der Waals surface area contributed by atoms with E-state index in [4.69, 9.17) is 14.2 Å². The van der Waals surface area contributed by atoms with E-state index >= 15 is 0 Å². The van der Waals surface area contributed by atoms with Gasteiger partial charge >= 0.3 is 6.03 Å². The maximum atomic E-state index is 12.8. The van der Waals surface area contributed by atoms with Gasteiger partial charge in [0.2, 0.25) is 0 Å². The maximum Gasteiger partial charge on any atom is 0.322 e. The minimum absolute atomic E-state index is 0.0739. The van der Waals surface area contributed by atoms with Crippen molar-refractivity contribution in [2.24, 2.45) is 5.92 Å². The largest absolute Gasteiger partial charge is 0.448 e. The number of anilines is 1. The zero-order chi connectivity index (χ0) is 18.9. The Hall–Kier alpha value is -1.95. The van der Waals surface area contributed by atoms with Crippen LogP contribution in [0, 0.1) is 5.92 Å². The number of fused-ring (bicyclic) bond motifs is 1. The molecule has 4 rings (SSSR count). The number of hydrogen-bond acceptors (Lipinski definition) is 4. The first-order valence-electron chi connectivity index (χ1n) is 10.2. The fourth-order valence-electron chi connectivity index (χ4n) is 4.32. The van der Waals surface area contributed by atoms with Crippen LogP contribution in [0.25, 0.3) is 0 Å². The highest BCUT2D eigenvalue weighted by Gasteiger charge is 2.42. The molecule has 6 nitrogen and oxygen atoms in total. The minimum Gasteiger partial charge on any atom is -0.448 e. The zero-order valence-corrected chi connectivity index (χ0v) is 16.3. The number of morpholine rings is 1. The van der Waals surface area contributed by atoms with Crippen LogP contribution in [0.5, 0.6) is 11.5 Å². The molecule has 1 atom stereocenters. The third kappa shape index (κ3) is 4.00. The SMILES string of the molecule is CC(C)CC1COCCN1C(=O)Nc1ccc2c(c1)OC1(CCCCC1)O2. The number of benzene rings is 1. The van der Waals surface area contributed by atoms with E-state index in [2.05, 4.69) is 19.2 Å². The molecule has 1 saturated heterocycles. The monoisotopic (exact) mass is 374 g/mol. The summed E-state index contributed by atoms with van der Waals surface area (Å²) in [7, 11) is 0. The Kier molecular flexibility index (Phi) is 5.17. The molecule has 2 amide bonds. The first kappa shape index (κ1) is 18.4. The Labute approximate surface area is 161 Å². The van der Waals surface area contributed by atoms with Crippen LogP contribution in [0.3, 0.4) is 0 Å². The number of ether oxygens (including phenoxy) is 3. The number of carbonyl (C=O) groups is 1. The highest BCUT2D eigenvalue weighted by molar-refractivity contribution is 5.90. The number of nitrogens with zero attached hydrogens (tertiary/aromatic N) is 1. The van der Waals surface area contributed by atoms with Crippen LogP contribution >= 0.6 is 0 Å². The normalized spacial score (nSPS) is 23.7. The van der Waals surface area contributed by atoms with E-state index in [1.807, 2.05) is 23.1 Å². The van der Waals surface area contributed by atoms with Crippen molar-refractivity contribution < 1.29 is 19.0 Å². The van der Waals surface area contributed by atoms with Gasteiger partial charge in [0.1, 0.15) is 0 Å². The standard InChI is InChI=1S/C21H30N2O4/c1-15(2)12-17-14-25-11-10-23(17)20(24)22-16-6-7-18-19(13-16)27-21(26-18)8-4-3-5-9-21/h6-7,13,15,17H,3-5,8-12,14H2,1-2H3,(H,22,24). The van der Waals surface area contributed by atoms with Crippen molar-refractivity contribution in [3.05, 3.63) is 18.2 Å². The van der Waals surface area contributed by atoms with Crippen LogP contribution in [0.15, 0.2) is 18.2 Å². The van der Waals surface area contributed by atoms with Gasteiger partial charge in [-0.3, -0.25) is 0 Å². The van der Waals surface area contributed by atoms with Crippen LogP contribution in [0.1, 0.15) is 52.4 Å². The third-order valence-electron chi connectivity index (χ3n) is 5.63. The fraction of sp³-hybridized carbons (Fsp3) is 0.667. The number of hydrogen-bond donors (Lipinski definition) is 1. The van der Waals surface area contributed by atoms with Gasteiger partial charge in [-0.15, -0.1) is 0 Å². The Balaban J connectivity index is 1.43. The van der Waals surface area contributed by atoms with Gasteiger partial charge in [0.15, 0.2) is 11.5 Å². The molecular formula is C21H30N2O4. The molecule has 1 N–H and O–H groups in total. The third-order valence-corrected chi connectivity index (χ3v) is 5.63. The number of urea groups is 1. The lowest BCUT2D eigenvalue weighted by Gasteiger charge is -2.36. The molecule has 1 spiro atoms. The molecule has 27 heavy (non-hydrogen) atoms. The summed E-state index contributed by atoms with van der Waals surface area (Å²) in [6.07, 6.45) is 6.29. The summed E-state index contributed by atoms with van der Waals surface area (Å²) in [5, 5.41) is 3.03. The summed E-state index contributed by atoms with van der Waals surface area (Å²) in [6, 6.07) is 5.72. The van der Waals surface area contributed by atoms with E-state index in [9.17, 15) is 4.79 Å². The summed E-state index contributed by atoms with van der Waals surface area (Å²) in [5.41, 5.74) is 0.741. The molecule has 1 unspecified atom stereocenters. The Morgan fingerprint density at radius 2 is 2.00 bits per heavy atom. The van der Waals surface area contributed by atoms with Crippen molar-refractivity contribution in [2.75, 3.05) is 25.1 Å². The molecule has 1 aromatic rings. The second kappa shape index (κ2) is 7.58. The van der Waals surface area contributed by atoms with Gasteiger partial charge in [0.25, 0.3) is 5.79 Å². The van der Waals surface area contributed by atoms with E-state index in [0.29, 0.717) is 25.7 Å². The summed E-state index contributed by atoms with van der Waals surface area (Å²) in [4.78, 5) is 14.7. The highest BCUT2D eigenvalue weighted by atomic mass is 16.7. The summed E-state index contributed by atoms with van der Waals surface area (Å²) in [5.74, 6) is 1.54. The zero-order valence-electron chi connectivity index (χ0n) is 16.3. The lowest BCUT2D eigenvalue weighted by Crippen LogP contribution is -2.50. The highest BCUT2D eigenvalue weighted by Crippen LogP contribution is 2.46. The number of carbonyl (C=O) groups excluding carboxylic acids is 1. The Morgan fingerprint density at radius 1 is 1.22 bits per heavy atom. The van der Waals surface area contributed by atoms with E-state index in [1.165, 1.54) is 6.42 Å². The van der Waals surface area contributed by atoms with Gasteiger partial charge < -0.3 is 24.4 Å². The van der Waals surface area contributed by atoms with Crippen LogP contribution in [-0.2, 0) is 4.74 Å². The Morgan fingerprint density at radius 3 is 2.78 bits per heavy atom. The van der Waals surface area contributed by atoms with Crippen molar-refractivity contribution in [3.8, 4) is 11.5 Å². The maximum absolute atomic E-state index is 12.8. The van der Waals surface area contributed by atoms with Gasteiger partial charge in [-0.2, -0.15) is 0 Å². The molecule has 148 valence electrons. The van der Waals surface area contributed by atoms with Crippen LogP contribution in [-0.4, -0.2) is 42.5 Å². The lowest BCUT2D eigenvalue weighted by atomic mass is 9.94. The molecule has 3 aliphatic rings. The van der Waals surface area contributed by atoms with E-state index in [0.717, 1.165) is 49.3 Å². The van der Waals surface area contributed by atoms with Crippen molar-refractivity contribution in [1.82, 2.24) is 4.90 Å². The molecule has 1 saturated carbocycles. The summed E-state index contributed by atoms with van der Waals surface area (Å²) < 4.78 is 17.9. The topological polar surface area (TPSA) is 60.0 Å². The van der Waals surface area contributed by atoms with E-state index in [-0.39, 0.29) is 12.1 Å².